The quantitative estimate of drug-likeness (QED) is 0.786. The predicted octanol–water partition coefficient (Wildman–Crippen LogP) is 1.38. The molecule has 3 unspecified atom stereocenters. The van der Waals surface area contributed by atoms with Crippen LogP contribution in [-0.4, -0.2) is 36.1 Å². The Morgan fingerprint density at radius 1 is 1.12 bits per heavy atom. The minimum Gasteiger partial charge on any atom is -0.354 e. The maximum atomic E-state index is 12.6. The Hall–Kier alpha value is -2.44. The highest BCUT2D eigenvalue weighted by molar-refractivity contribution is 5.82. The van der Waals surface area contributed by atoms with Gasteiger partial charge in [0.15, 0.2) is 0 Å². The standard InChI is InChI=1S/C19H23N5O/c25-19(17-12-16(22-23-17)14-6-2-1-3-7-14)21-15-9-11-24(13-15)18-8-4-5-10-20-18/h1-8,10,15-17,22-23H,9,11-13H2,(H,21,25). The van der Waals surface area contributed by atoms with Gasteiger partial charge in [0.1, 0.15) is 11.9 Å². The molecule has 2 aliphatic rings. The number of hydrogen-bond acceptors (Lipinski definition) is 5. The monoisotopic (exact) mass is 337 g/mol. The van der Waals surface area contributed by atoms with Crippen LogP contribution in [0.2, 0.25) is 0 Å². The van der Waals surface area contributed by atoms with Crippen molar-refractivity contribution in [1.82, 2.24) is 21.2 Å². The van der Waals surface area contributed by atoms with E-state index in [2.05, 4.69) is 38.2 Å². The molecule has 1 aromatic carbocycles. The number of hydrogen-bond donors (Lipinski definition) is 3. The first-order valence-electron chi connectivity index (χ1n) is 8.82. The second-order valence-corrected chi connectivity index (χ2v) is 6.67. The molecule has 2 fully saturated rings. The van der Waals surface area contributed by atoms with Gasteiger partial charge >= 0.3 is 0 Å². The van der Waals surface area contributed by atoms with Crippen LogP contribution in [0.5, 0.6) is 0 Å². The molecule has 2 saturated heterocycles. The first-order valence-corrected chi connectivity index (χ1v) is 8.82. The Bertz CT molecular complexity index is 708. The number of amides is 1. The summed E-state index contributed by atoms with van der Waals surface area (Å²) in [6, 6.07) is 16.3. The van der Waals surface area contributed by atoms with Crippen molar-refractivity contribution in [2.75, 3.05) is 18.0 Å². The molecular weight excluding hydrogens is 314 g/mol. The fourth-order valence-electron chi connectivity index (χ4n) is 3.56. The summed E-state index contributed by atoms with van der Waals surface area (Å²) in [5.74, 6) is 1.04. The van der Waals surface area contributed by atoms with Gasteiger partial charge in [-0.2, -0.15) is 0 Å². The van der Waals surface area contributed by atoms with Crippen LogP contribution in [0.1, 0.15) is 24.4 Å². The number of carbonyl (C=O) groups excluding carboxylic acids is 1. The molecule has 3 heterocycles. The van der Waals surface area contributed by atoms with Gasteiger partial charge in [0, 0.05) is 31.4 Å². The molecule has 0 saturated carbocycles. The zero-order valence-electron chi connectivity index (χ0n) is 14.1. The van der Waals surface area contributed by atoms with Gasteiger partial charge in [-0.25, -0.2) is 15.8 Å². The van der Waals surface area contributed by atoms with Crippen molar-refractivity contribution in [2.24, 2.45) is 0 Å². The number of aromatic nitrogens is 1. The van der Waals surface area contributed by atoms with Crippen LogP contribution >= 0.6 is 0 Å². The Morgan fingerprint density at radius 2 is 1.96 bits per heavy atom. The third-order valence-corrected chi connectivity index (χ3v) is 4.93. The number of anilines is 1. The van der Waals surface area contributed by atoms with E-state index in [9.17, 15) is 4.79 Å². The lowest BCUT2D eigenvalue weighted by Crippen LogP contribution is -2.47. The lowest BCUT2D eigenvalue weighted by atomic mass is 10.0. The average Bonchev–Trinajstić information content (AvgIpc) is 3.33. The summed E-state index contributed by atoms with van der Waals surface area (Å²) in [5.41, 5.74) is 7.57. The highest BCUT2D eigenvalue weighted by atomic mass is 16.2. The summed E-state index contributed by atoms with van der Waals surface area (Å²) < 4.78 is 0. The van der Waals surface area contributed by atoms with Crippen LogP contribution in [0.25, 0.3) is 0 Å². The van der Waals surface area contributed by atoms with Crippen LogP contribution in [0.3, 0.4) is 0 Å². The Morgan fingerprint density at radius 3 is 2.76 bits per heavy atom. The van der Waals surface area contributed by atoms with E-state index in [1.807, 2.05) is 36.4 Å². The van der Waals surface area contributed by atoms with Crippen LogP contribution in [0.4, 0.5) is 5.82 Å². The van der Waals surface area contributed by atoms with Gasteiger partial charge in [-0.05, 0) is 30.5 Å². The topological polar surface area (TPSA) is 69.3 Å². The van der Waals surface area contributed by atoms with E-state index in [0.717, 1.165) is 31.7 Å². The average molecular weight is 337 g/mol. The summed E-state index contributed by atoms with van der Waals surface area (Å²) in [6.45, 7) is 1.73. The number of carbonyl (C=O) groups is 1. The van der Waals surface area contributed by atoms with Gasteiger partial charge in [-0.15, -0.1) is 0 Å². The van der Waals surface area contributed by atoms with Crippen molar-refractivity contribution in [3.05, 3.63) is 60.3 Å². The molecule has 2 aromatic rings. The summed E-state index contributed by atoms with van der Waals surface area (Å²) >= 11 is 0. The molecule has 0 spiro atoms. The summed E-state index contributed by atoms with van der Waals surface area (Å²) in [4.78, 5) is 19.2. The van der Waals surface area contributed by atoms with E-state index >= 15 is 0 Å². The maximum Gasteiger partial charge on any atom is 0.238 e. The first kappa shape index (κ1) is 16.1. The summed E-state index contributed by atoms with van der Waals surface area (Å²) in [5, 5.41) is 3.18. The second kappa shape index (κ2) is 7.21. The summed E-state index contributed by atoms with van der Waals surface area (Å²) in [6.07, 6.45) is 3.51. The van der Waals surface area contributed by atoms with Crippen molar-refractivity contribution >= 4 is 11.7 Å². The Labute approximate surface area is 147 Å². The third-order valence-electron chi connectivity index (χ3n) is 4.93. The van der Waals surface area contributed by atoms with Gasteiger partial charge < -0.3 is 10.2 Å². The SMILES string of the molecule is O=C(NC1CCN(c2ccccn2)C1)C1CC(c2ccccc2)NN1. The van der Waals surface area contributed by atoms with Crippen molar-refractivity contribution in [1.29, 1.82) is 0 Å². The molecule has 6 heteroatoms. The van der Waals surface area contributed by atoms with Gasteiger partial charge in [0.2, 0.25) is 5.91 Å². The van der Waals surface area contributed by atoms with Crippen molar-refractivity contribution < 1.29 is 4.79 Å². The molecule has 3 atom stereocenters. The van der Waals surface area contributed by atoms with E-state index in [4.69, 9.17) is 0 Å². The highest BCUT2D eigenvalue weighted by Gasteiger charge is 2.32. The lowest BCUT2D eigenvalue weighted by Gasteiger charge is -2.19. The molecule has 0 radical (unpaired) electrons. The maximum absolute atomic E-state index is 12.6. The second-order valence-electron chi connectivity index (χ2n) is 6.67. The zero-order valence-corrected chi connectivity index (χ0v) is 14.1. The van der Waals surface area contributed by atoms with Gasteiger partial charge in [-0.3, -0.25) is 4.79 Å². The van der Waals surface area contributed by atoms with Crippen LogP contribution < -0.4 is 21.1 Å². The molecular formula is C19H23N5O. The third kappa shape index (κ3) is 3.65. The van der Waals surface area contributed by atoms with E-state index in [1.165, 1.54) is 5.56 Å². The molecule has 1 aromatic heterocycles. The molecule has 25 heavy (non-hydrogen) atoms. The molecule has 130 valence electrons. The zero-order chi connectivity index (χ0) is 17.1. The van der Waals surface area contributed by atoms with Crippen molar-refractivity contribution in [3.63, 3.8) is 0 Å². The largest absolute Gasteiger partial charge is 0.354 e. The molecule has 0 aliphatic carbocycles. The fourth-order valence-corrected chi connectivity index (χ4v) is 3.56. The predicted molar refractivity (Wildman–Crippen MR) is 96.9 cm³/mol. The number of nitrogens with one attached hydrogen (secondary N) is 3. The molecule has 2 aliphatic heterocycles. The van der Waals surface area contributed by atoms with Crippen LogP contribution in [0, 0.1) is 0 Å². The smallest absolute Gasteiger partial charge is 0.238 e. The van der Waals surface area contributed by atoms with E-state index in [1.54, 1.807) is 6.20 Å². The Kier molecular flexibility index (Phi) is 4.63. The normalized spacial score (nSPS) is 25.9. The number of pyridine rings is 1. The minimum absolute atomic E-state index is 0.0683. The Balaban J connectivity index is 1.30. The molecule has 3 N–H and O–H groups in total. The van der Waals surface area contributed by atoms with E-state index in [0.29, 0.717) is 0 Å². The molecule has 4 rings (SSSR count). The molecule has 1 amide bonds. The van der Waals surface area contributed by atoms with Crippen LogP contribution in [-0.2, 0) is 4.79 Å². The van der Waals surface area contributed by atoms with Crippen molar-refractivity contribution in [3.8, 4) is 0 Å². The van der Waals surface area contributed by atoms with Crippen molar-refractivity contribution in [2.45, 2.75) is 31.0 Å². The van der Waals surface area contributed by atoms with Gasteiger partial charge in [0.05, 0.1) is 0 Å². The number of benzene rings is 1. The number of rotatable bonds is 4. The first-order chi connectivity index (χ1) is 12.3. The minimum atomic E-state index is -0.200. The van der Waals surface area contributed by atoms with E-state index < -0.39 is 0 Å². The van der Waals surface area contributed by atoms with Gasteiger partial charge in [0.25, 0.3) is 0 Å². The summed E-state index contributed by atoms with van der Waals surface area (Å²) in [7, 11) is 0. The number of hydrazine groups is 1. The lowest BCUT2D eigenvalue weighted by molar-refractivity contribution is -0.123. The van der Waals surface area contributed by atoms with Crippen LogP contribution in [0.15, 0.2) is 54.7 Å². The van der Waals surface area contributed by atoms with E-state index in [-0.39, 0.29) is 24.0 Å². The molecule has 6 nitrogen and oxygen atoms in total. The van der Waals surface area contributed by atoms with Gasteiger partial charge in [-0.1, -0.05) is 36.4 Å². The molecule has 0 bridgehead atoms. The fraction of sp³-hybridized carbons (Fsp3) is 0.368. The number of nitrogens with zero attached hydrogens (tertiary/aromatic N) is 2. The highest BCUT2D eigenvalue weighted by Crippen LogP contribution is 2.22.